The van der Waals surface area contributed by atoms with Gasteiger partial charge >= 0.3 is 11.9 Å². The minimum Gasteiger partial charge on any atom is -0.465 e. The molecule has 3 atom stereocenters. The van der Waals surface area contributed by atoms with Gasteiger partial charge in [-0.3, -0.25) is 19.8 Å². The standard InChI is InChI=1S/C28H44N4O6/c1-2-37-27(34)25(13-12-22-8-4-3-5-9-22)30-23-10-6-14-29-15-7-11-24(31-26(23)33)28(35)38-21-18-32-16-19-36-20-17-32/h3-5,8-9,23-25,29-30H,2,6-7,10-21H2,1H3,(H,31,33)/t23-,24-,25-/m0/s1. The van der Waals surface area contributed by atoms with Crippen molar-refractivity contribution in [2.75, 3.05) is 59.2 Å². The molecule has 3 rings (SSSR count). The fourth-order valence-corrected chi connectivity index (χ4v) is 4.71. The van der Waals surface area contributed by atoms with Crippen molar-refractivity contribution in [3.8, 4) is 0 Å². The van der Waals surface area contributed by atoms with Crippen LogP contribution in [0.25, 0.3) is 0 Å². The van der Waals surface area contributed by atoms with Crippen molar-refractivity contribution in [1.82, 2.24) is 20.9 Å². The molecular weight excluding hydrogens is 488 g/mol. The van der Waals surface area contributed by atoms with Crippen LogP contribution in [-0.4, -0.2) is 100 Å². The van der Waals surface area contributed by atoms with Crippen molar-refractivity contribution >= 4 is 17.8 Å². The Labute approximate surface area is 226 Å². The number of amides is 1. The van der Waals surface area contributed by atoms with E-state index in [0.717, 1.165) is 44.6 Å². The summed E-state index contributed by atoms with van der Waals surface area (Å²) in [5.41, 5.74) is 1.11. The third-order valence-electron chi connectivity index (χ3n) is 6.90. The number of benzene rings is 1. The molecule has 3 N–H and O–H groups in total. The van der Waals surface area contributed by atoms with E-state index in [1.54, 1.807) is 6.92 Å². The van der Waals surface area contributed by atoms with Crippen LogP contribution in [0.5, 0.6) is 0 Å². The first-order valence-corrected chi connectivity index (χ1v) is 14.0. The molecule has 2 fully saturated rings. The molecule has 0 radical (unpaired) electrons. The van der Waals surface area contributed by atoms with Gasteiger partial charge in [-0.05, 0) is 64.1 Å². The van der Waals surface area contributed by atoms with E-state index in [0.29, 0.717) is 45.4 Å². The van der Waals surface area contributed by atoms with Crippen molar-refractivity contribution in [3.05, 3.63) is 35.9 Å². The van der Waals surface area contributed by atoms with E-state index in [4.69, 9.17) is 14.2 Å². The summed E-state index contributed by atoms with van der Waals surface area (Å²) in [4.78, 5) is 41.3. The number of esters is 2. The Morgan fingerprint density at radius 3 is 2.58 bits per heavy atom. The third kappa shape index (κ3) is 10.7. The molecule has 1 amide bonds. The van der Waals surface area contributed by atoms with E-state index in [9.17, 15) is 14.4 Å². The highest BCUT2D eigenvalue weighted by atomic mass is 16.5. The number of carbonyl (C=O) groups is 3. The fraction of sp³-hybridized carbons (Fsp3) is 0.679. The van der Waals surface area contributed by atoms with E-state index in [-0.39, 0.29) is 25.1 Å². The molecule has 2 heterocycles. The normalized spacial score (nSPS) is 22.5. The predicted octanol–water partition coefficient (Wildman–Crippen LogP) is 1.03. The minimum absolute atomic E-state index is 0.265. The van der Waals surface area contributed by atoms with Gasteiger partial charge in [0.1, 0.15) is 18.7 Å². The quantitative estimate of drug-likeness (QED) is 0.359. The molecule has 212 valence electrons. The molecule has 2 aliphatic rings. The van der Waals surface area contributed by atoms with Crippen molar-refractivity contribution in [3.63, 3.8) is 0 Å². The molecule has 0 aliphatic carbocycles. The Kier molecular flexibility index (Phi) is 13.5. The summed E-state index contributed by atoms with van der Waals surface area (Å²) in [7, 11) is 0. The number of hydrogen-bond acceptors (Lipinski definition) is 9. The molecule has 1 aromatic carbocycles. The first-order valence-electron chi connectivity index (χ1n) is 14.0. The maximum absolute atomic E-state index is 13.4. The van der Waals surface area contributed by atoms with Gasteiger partial charge in [0.25, 0.3) is 0 Å². The van der Waals surface area contributed by atoms with E-state index in [2.05, 4.69) is 20.9 Å². The second-order valence-corrected chi connectivity index (χ2v) is 9.77. The zero-order valence-electron chi connectivity index (χ0n) is 22.6. The molecule has 1 aromatic rings. The molecule has 0 unspecified atom stereocenters. The maximum atomic E-state index is 13.4. The van der Waals surface area contributed by atoms with Gasteiger partial charge in [0, 0.05) is 19.6 Å². The van der Waals surface area contributed by atoms with Crippen LogP contribution in [0.2, 0.25) is 0 Å². The lowest BCUT2D eigenvalue weighted by Crippen LogP contribution is -2.54. The van der Waals surface area contributed by atoms with Crippen LogP contribution >= 0.6 is 0 Å². The lowest BCUT2D eigenvalue weighted by Gasteiger charge is -2.27. The molecule has 10 nitrogen and oxygen atoms in total. The number of morpholine rings is 1. The van der Waals surface area contributed by atoms with Crippen molar-refractivity contribution in [2.24, 2.45) is 0 Å². The first kappa shape index (κ1) is 30.0. The maximum Gasteiger partial charge on any atom is 0.328 e. The minimum atomic E-state index is -0.734. The molecule has 0 saturated carbocycles. The number of nitrogens with one attached hydrogen (secondary N) is 3. The van der Waals surface area contributed by atoms with Crippen LogP contribution in [0.4, 0.5) is 0 Å². The van der Waals surface area contributed by atoms with Crippen LogP contribution in [0.15, 0.2) is 30.3 Å². The lowest BCUT2D eigenvalue weighted by atomic mass is 10.0. The van der Waals surface area contributed by atoms with Crippen LogP contribution in [0.1, 0.15) is 44.6 Å². The molecule has 38 heavy (non-hydrogen) atoms. The smallest absolute Gasteiger partial charge is 0.328 e. The molecule has 2 aliphatic heterocycles. The summed E-state index contributed by atoms with van der Waals surface area (Å²) in [5, 5.41) is 9.55. The van der Waals surface area contributed by atoms with Gasteiger partial charge < -0.3 is 24.8 Å². The monoisotopic (exact) mass is 532 g/mol. The first-order chi connectivity index (χ1) is 18.6. The fourth-order valence-electron chi connectivity index (χ4n) is 4.71. The number of rotatable bonds is 11. The van der Waals surface area contributed by atoms with Gasteiger partial charge in [0.15, 0.2) is 0 Å². The summed E-state index contributed by atoms with van der Waals surface area (Å²) < 4.78 is 16.2. The Morgan fingerprint density at radius 2 is 1.84 bits per heavy atom. The molecule has 0 bridgehead atoms. The Morgan fingerprint density at radius 1 is 1.11 bits per heavy atom. The summed E-state index contributed by atoms with van der Waals surface area (Å²) >= 11 is 0. The summed E-state index contributed by atoms with van der Waals surface area (Å²) in [6.07, 6.45) is 3.68. The van der Waals surface area contributed by atoms with E-state index in [1.165, 1.54) is 0 Å². The largest absolute Gasteiger partial charge is 0.465 e. The Bertz CT molecular complexity index is 849. The molecule has 10 heteroatoms. The second kappa shape index (κ2) is 17.1. The van der Waals surface area contributed by atoms with Gasteiger partial charge in [-0.2, -0.15) is 0 Å². The van der Waals surface area contributed by atoms with E-state index >= 15 is 0 Å². The highest BCUT2D eigenvalue weighted by Gasteiger charge is 2.30. The highest BCUT2D eigenvalue weighted by Crippen LogP contribution is 2.11. The predicted molar refractivity (Wildman–Crippen MR) is 144 cm³/mol. The lowest BCUT2D eigenvalue weighted by molar-refractivity contribution is -0.150. The Hall–Kier alpha value is -2.53. The SMILES string of the molecule is CCOC(=O)[C@H](CCc1ccccc1)N[C@H]1CCCNCCC[C@@H](C(=O)OCCN2CCOCC2)NC1=O. The highest BCUT2D eigenvalue weighted by molar-refractivity contribution is 5.88. The van der Waals surface area contributed by atoms with E-state index < -0.39 is 24.1 Å². The summed E-state index contributed by atoms with van der Waals surface area (Å²) in [6.45, 7) is 7.49. The second-order valence-electron chi connectivity index (χ2n) is 9.77. The topological polar surface area (TPSA) is 118 Å². The average molecular weight is 533 g/mol. The third-order valence-corrected chi connectivity index (χ3v) is 6.90. The number of nitrogens with zero attached hydrogens (tertiary/aromatic N) is 1. The van der Waals surface area contributed by atoms with Crippen LogP contribution in [-0.2, 0) is 35.0 Å². The van der Waals surface area contributed by atoms with Crippen LogP contribution in [0.3, 0.4) is 0 Å². The van der Waals surface area contributed by atoms with Gasteiger partial charge in [-0.15, -0.1) is 0 Å². The van der Waals surface area contributed by atoms with Gasteiger partial charge in [0.2, 0.25) is 5.91 Å². The average Bonchev–Trinajstić information content (AvgIpc) is 2.97. The van der Waals surface area contributed by atoms with E-state index in [1.807, 2.05) is 30.3 Å². The van der Waals surface area contributed by atoms with Crippen LogP contribution in [0, 0.1) is 0 Å². The molecule has 0 spiro atoms. The Balaban J connectivity index is 1.61. The van der Waals surface area contributed by atoms with Crippen molar-refractivity contribution < 1.29 is 28.6 Å². The zero-order chi connectivity index (χ0) is 27.0. The zero-order valence-corrected chi connectivity index (χ0v) is 22.6. The summed E-state index contributed by atoms with van der Waals surface area (Å²) in [5.74, 6) is -1.09. The molecule has 0 aromatic heterocycles. The number of ether oxygens (including phenoxy) is 3. The number of hydrogen-bond donors (Lipinski definition) is 3. The van der Waals surface area contributed by atoms with Gasteiger partial charge in [-0.25, -0.2) is 4.79 Å². The number of aryl methyl sites for hydroxylation is 1. The van der Waals surface area contributed by atoms with Gasteiger partial charge in [0.05, 0.1) is 25.9 Å². The molecular formula is C28H44N4O6. The van der Waals surface area contributed by atoms with Crippen LogP contribution < -0.4 is 16.0 Å². The number of carbonyl (C=O) groups excluding carboxylic acids is 3. The van der Waals surface area contributed by atoms with Crippen molar-refractivity contribution in [1.29, 1.82) is 0 Å². The summed E-state index contributed by atoms with van der Waals surface area (Å²) in [6, 6.07) is 7.91. The van der Waals surface area contributed by atoms with Gasteiger partial charge in [-0.1, -0.05) is 30.3 Å². The molecule has 2 saturated heterocycles. The van der Waals surface area contributed by atoms with Crippen molar-refractivity contribution in [2.45, 2.75) is 63.6 Å².